The van der Waals surface area contributed by atoms with Crippen LogP contribution in [0.25, 0.3) is 0 Å². The second-order valence-electron chi connectivity index (χ2n) is 10.9. The van der Waals surface area contributed by atoms with E-state index in [9.17, 15) is 14.7 Å². The molecule has 0 heterocycles. The molecule has 8 unspecified atom stereocenters. The number of rotatable bonds is 3. The Kier molecular flexibility index (Phi) is 4.73. The van der Waals surface area contributed by atoms with Gasteiger partial charge in [-0.15, -0.1) is 0 Å². The quantitative estimate of drug-likeness (QED) is 0.568. The average Bonchev–Trinajstić information content (AvgIpc) is 2.80. The molecule has 4 aliphatic carbocycles. The predicted molar refractivity (Wildman–Crippen MR) is 109 cm³/mol. The summed E-state index contributed by atoms with van der Waals surface area (Å²) in [6, 6.07) is 0. The molecular weight excluding hydrogens is 368 g/mol. The van der Waals surface area contributed by atoms with Crippen LogP contribution in [0.4, 0.5) is 0 Å². The maximum Gasteiger partial charge on any atom is 0.302 e. The lowest BCUT2D eigenvalue weighted by atomic mass is 9.39. The Bertz CT molecular complexity index is 746. The molecule has 5 nitrogen and oxygen atoms in total. The summed E-state index contributed by atoms with van der Waals surface area (Å²) in [6.07, 6.45) is 10.1. The summed E-state index contributed by atoms with van der Waals surface area (Å²) in [4.78, 5) is 23.7. The first-order valence-corrected chi connectivity index (χ1v) is 11.2. The van der Waals surface area contributed by atoms with Crippen molar-refractivity contribution < 1.29 is 24.2 Å². The van der Waals surface area contributed by atoms with Gasteiger partial charge in [0.1, 0.15) is 12.2 Å². The molecule has 0 radical (unpaired) electrons. The summed E-state index contributed by atoms with van der Waals surface area (Å²) in [7, 11) is 0. The molecule has 4 aliphatic rings. The summed E-state index contributed by atoms with van der Waals surface area (Å²) in [6.45, 7) is 9.69. The Morgan fingerprint density at radius 3 is 2.21 bits per heavy atom. The largest absolute Gasteiger partial charge is 0.462 e. The van der Waals surface area contributed by atoms with E-state index in [1.165, 1.54) is 13.8 Å². The highest BCUT2D eigenvalue weighted by Gasteiger charge is 2.69. The molecule has 162 valence electrons. The second kappa shape index (κ2) is 6.57. The van der Waals surface area contributed by atoms with E-state index in [0.29, 0.717) is 5.92 Å². The van der Waals surface area contributed by atoms with Gasteiger partial charge in [0.05, 0.1) is 6.61 Å². The van der Waals surface area contributed by atoms with Gasteiger partial charge in [0.15, 0.2) is 0 Å². The minimum Gasteiger partial charge on any atom is -0.462 e. The molecule has 29 heavy (non-hydrogen) atoms. The Morgan fingerprint density at radius 2 is 1.59 bits per heavy atom. The van der Waals surface area contributed by atoms with Crippen LogP contribution in [-0.2, 0) is 19.1 Å². The molecule has 5 heteroatoms. The average molecular weight is 405 g/mol. The minimum atomic E-state index is -0.444. The van der Waals surface area contributed by atoms with E-state index in [-0.39, 0.29) is 52.9 Å². The minimum absolute atomic E-state index is 0.0147. The molecule has 0 aromatic carbocycles. The van der Waals surface area contributed by atoms with Gasteiger partial charge in [-0.2, -0.15) is 0 Å². The van der Waals surface area contributed by atoms with Crippen LogP contribution < -0.4 is 0 Å². The Balaban J connectivity index is 1.73. The zero-order valence-corrected chi connectivity index (χ0v) is 18.5. The van der Waals surface area contributed by atoms with Crippen molar-refractivity contribution in [2.75, 3.05) is 6.61 Å². The van der Waals surface area contributed by atoms with Gasteiger partial charge >= 0.3 is 11.9 Å². The Morgan fingerprint density at radius 1 is 0.931 bits per heavy atom. The van der Waals surface area contributed by atoms with Crippen molar-refractivity contribution in [2.24, 2.45) is 33.5 Å². The second-order valence-corrected chi connectivity index (χ2v) is 10.9. The number of hydrogen-bond acceptors (Lipinski definition) is 5. The standard InChI is InChI=1S/C24H36O5/c1-15(26)28-19-8-10-22(4)17(23(19,5)14-25)7-11-24-13-12-21(3,9-6-18(22)24)20(24)29-16(2)27/h12-13,17-20,25H,6-11,14H2,1-5H3. The van der Waals surface area contributed by atoms with Crippen LogP contribution >= 0.6 is 0 Å². The fourth-order valence-corrected chi connectivity index (χ4v) is 8.11. The highest BCUT2D eigenvalue weighted by Crippen LogP contribution is 2.72. The summed E-state index contributed by atoms with van der Waals surface area (Å²) in [5.74, 6) is 0.197. The lowest BCUT2D eigenvalue weighted by Gasteiger charge is -2.66. The smallest absolute Gasteiger partial charge is 0.302 e. The highest BCUT2D eigenvalue weighted by molar-refractivity contribution is 5.67. The maximum absolute atomic E-state index is 12.0. The molecule has 1 N–H and O–H groups in total. The van der Waals surface area contributed by atoms with Crippen molar-refractivity contribution in [2.45, 2.75) is 85.4 Å². The van der Waals surface area contributed by atoms with Crippen LogP contribution in [0.3, 0.4) is 0 Å². The fraction of sp³-hybridized carbons (Fsp3) is 0.833. The van der Waals surface area contributed by atoms with Crippen molar-refractivity contribution in [3.63, 3.8) is 0 Å². The molecule has 0 saturated heterocycles. The highest BCUT2D eigenvalue weighted by atomic mass is 16.5. The molecule has 8 atom stereocenters. The molecule has 0 aromatic rings. The zero-order chi connectivity index (χ0) is 21.2. The number of esters is 2. The lowest BCUT2D eigenvalue weighted by Crippen LogP contribution is -2.65. The first kappa shape index (κ1) is 20.9. The lowest BCUT2D eigenvalue weighted by molar-refractivity contribution is -0.229. The van der Waals surface area contributed by atoms with E-state index >= 15 is 0 Å². The molecule has 3 fully saturated rings. The van der Waals surface area contributed by atoms with E-state index in [1.54, 1.807) is 0 Å². The molecule has 4 rings (SSSR count). The summed E-state index contributed by atoms with van der Waals surface area (Å²) in [5.41, 5.74) is -0.629. The Hall–Kier alpha value is -1.36. The molecule has 0 aliphatic heterocycles. The molecular formula is C24H36O5. The van der Waals surface area contributed by atoms with Gasteiger partial charge in [-0.25, -0.2) is 0 Å². The van der Waals surface area contributed by atoms with Crippen LogP contribution in [-0.4, -0.2) is 35.9 Å². The number of carbonyl (C=O) groups is 2. The van der Waals surface area contributed by atoms with Gasteiger partial charge in [0, 0.05) is 30.1 Å². The molecule has 2 bridgehead atoms. The van der Waals surface area contributed by atoms with Crippen molar-refractivity contribution in [3.8, 4) is 0 Å². The van der Waals surface area contributed by atoms with Gasteiger partial charge in [-0.1, -0.05) is 32.9 Å². The number of ether oxygens (including phenoxy) is 2. The first-order valence-electron chi connectivity index (χ1n) is 11.2. The van der Waals surface area contributed by atoms with Gasteiger partial charge in [-0.05, 0) is 55.8 Å². The topological polar surface area (TPSA) is 72.8 Å². The van der Waals surface area contributed by atoms with Gasteiger partial charge in [0.25, 0.3) is 0 Å². The van der Waals surface area contributed by atoms with Crippen molar-refractivity contribution >= 4 is 11.9 Å². The number of carbonyl (C=O) groups excluding carboxylic acids is 2. The first-order chi connectivity index (χ1) is 13.5. The third kappa shape index (κ3) is 2.75. The van der Waals surface area contributed by atoms with Crippen molar-refractivity contribution in [1.82, 2.24) is 0 Å². The molecule has 1 spiro atoms. The van der Waals surface area contributed by atoms with E-state index in [4.69, 9.17) is 9.47 Å². The van der Waals surface area contributed by atoms with Gasteiger partial charge < -0.3 is 14.6 Å². The SMILES string of the molecule is CC(=O)OC1CCC2(C)C(CCC34C=CC(C)(CCC23)C4OC(C)=O)C1(C)CO. The molecule has 0 aromatic heterocycles. The van der Waals surface area contributed by atoms with Gasteiger partial charge in [0.2, 0.25) is 0 Å². The van der Waals surface area contributed by atoms with Crippen LogP contribution in [0.2, 0.25) is 0 Å². The van der Waals surface area contributed by atoms with E-state index in [1.807, 2.05) is 0 Å². The summed E-state index contributed by atoms with van der Waals surface area (Å²) < 4.78 is 11.7. The van der Waals surface area contributed by atoms with E-state index < -0.39 is 5.41 Å². The zero-order valence-electron chi connectivity index (χ0n) is 18.5. The number of aliphatic hydroxyl groups excluding tert-OH is 1. The van der Waals surface area contributed by atoms with E-state index in [0.717, 1.165) is 38.5 Å². The summed E-state index contributed by atoms with van der Waals surface area (Å²) >= 11 is 0. The number of hydrogen-bond donors (Lipinski definition) is 1. The normalized spacial score (nSPS) is 50.4. The van der Waals surface area contributed by atoms with Crippen molar-refractivity contribution in [1.29, 1.82) is 0 Å². The monoisotopic (exact) mass is 404 g/mol. The van der Waals surface area contributed by atoms with Crippen LogP contribution in [0.15, 0.2) is 12.2 Å². The maximum atomic E-state index is 12.0. The van der Waals surface area contributed by atoms with Crippen LogP contribution in [0.5, 0.6) is 0 Å². The number of aliphatic hydroxyl groups is 1. The van der Waals surface area contributed by atoms with Crippen LogP contribution in [0.1, 0.15) is 73.1 Å². The Labute approximate surface area is 174 Å². The fourth-order valence-electron chi connectivity index (χ4n) is 8.11. The molecule has 3 saturated carbocycles. The van der Waals surface area contributed by atoms with E-state index in [2.05, 4.69) is 32.9 Å². The third-order valence-corrected chi connectivity index (χ3v) is 9.35. The third-order valence-electron chi connectivity index (χ3n) is 9.35. The van der Waals surface area contributed by atoms with Gasteiger partial charge in [-0.3, -0.25) is 9.59 Å². The molecule has 0 amide bonds. The summed E-state index contributed by atoms with van der Waals surface area (Å²) in [5, 5.41) is 10.4. The number of fused-ring (bicyclic) bond motifs is 3. The van der Waals surface area contributed by atoms with Crippen molar-refractivity contribution in [3.05, 3.63) is 12.2 Å². The van der Waals surface area contributed by atoms with Crippen LogP contribution in [0, 0.1) is 33.5 Å². The predicted octanol–water partition coefficient (Wildman–Crippen LogP) is 4.03.